The van der Waals surface area contributed by atoms with Gasteiger partial charge in [0.1, 0.15) is 0 Å². The fourth-order valence-electron chi connectivity index (χ4n) is 1.92. The lowest BCUT2D eigenvalue weighted by Gasteiger charge is -2.22. The minimum absolute atomic E-state index is 0.0450. The lowest BCUT2D eigenvalue weighted by atomic mass is 9.84. The molecule has 3 nitrogen and oxygen atoms in total. The van der Waals surface area contributed by atoms with Crippen LogP contribution < -0.4 is 5.32 Å². The highest BCUT2D eigenvalue weighted by molar-refractivity contribution is 9.11. The Morgan fingerprint density at radius 3 is 2.71 bits per heavy atom. The maximum atomic E-state index is 11.8. The van der Waals surface area contributed by atoms with E-state index in [1.807, 2.05) is 0 Å². The summed E-state index contributed by atoms with van der Waals surface area (Å²) in [7, 11) is 0. The fraction of sp³-hybridized carbons (Fsp3) is 0.667. The van der Waals surface area contributed by atoms with Gasteiger partial charge in [-0.25, -0.2) is 4.98 Å². The lowest BCUT2D eigenvalue weighted by Crippen LogP contribution is -2.18. The van der Waals surface area contributed by atoms with E-state index in [0.717, 1.165) is 10.2 Å². The average Bonchev–Trinajstić information content (AvgIpc) is 2.46. The quantitative estimate of drug-likeness (QED) is 0.898. The SMILES string of the molecule is CC(CC(=O)Nc1ncc(Br)s1)CC(C)(C)C. The van der Waals surface area contributed by atoms with E-state index in [2.05, 4.69) is 53.9 Å². The minimum Gasteiger partial charge on any atom is -0.302 e. The number of carbonyl (C=O) groups is 1. The summed E-state index contributed by atoms with van der Waals surface area (Å²) in [5.41, 5.74) is 0.268. The van der Waals surface area contributed by atoms with Gasteiger partial charge in [0, 0.05) is 6.42 Å². The molecule has 0 saturated carbocycles. The molecule has 0 aliphatic heterocycles. The van der Waals surface area contributed by atoms with Gasteiger partial charge in [-0.15, -0.1) is 0 Å². The van der Waals surface area contributed by atoms with Crippen LogP contribution >= 0.6 is 27.3 Å². The molecule has 96 valence electrons. The molecule has 0 aliphatic rings. The number of anilines is 1. The van der Waals surface area contributed by atoms with E-state index in [4.69, 9.17) is 0 Å². The number of hydrogen-bond donors (Lipinski definition) is 1. The van der Waals surface area contributed by atoms with E-state index < -0.39 is 0 Å². The van der Waals surface area contributed by atoms with Crippen molar-refractivity contribution < 1.29 is 4.79 Å². The Morgan fingerprint density at radius 1 is 1.59 bits per heavy atom. The van der Waals surface area contributed by atoms with Gasteiger partial charge in [-0.2, -0.15) is 0 Å². The van der Waals surface area contributed by atoms with Gasteiger partial charge in [-0.1, -0.05) is 39.0 Å². The first-order valence-corrected chi connectivity index (χ1v) is 7.28. The van der Waals surface area contributed by atoms with Crippen molar-refractivity contribution in [3.63, 3.8) is 0 Å². The maximum Gasteiger partial charge on any atom is 0.226 e. The molecule has 1 aromatic heterocycles. The molecule has 0 aromatic carbocycles. The highest BCUT2D eigenvalue weighted by atomic mass is 79.9. The van der Waals surface area contributed by atoms with Gasteiger partial charge in [0.2, 0.25) is 5.91 Å². The Bertz CT molecular complexity index is 384. The van der Waals surface area contributed by atoms with E-state index in [-0.39, 0.29) is 11.3 Å². The number of nitrogens with zero attached hydrogens (tertiary/aromatic N) is 1. The summed E-state index contributed by atoms with van der Waals surface area (Å²) in [6.45, 7) is 8.70. The van der Waals surface area contributed by atoms with Gasteiger partial charge < -0.3 is 5.32 Å². The highest BCUT2D eigenvalue weighted by Crippen LogP contribution is 2.27. The molecule has 1 amide bonds. The van der Waals surface area contributed by atoms with Crippen molar-refractivity contribution in [2.24, 2.45) is 11.3 Å². The number of thiazole rings is 1. The highest BCUT2D eigenvalue weighted by Gasteiger charge is 2.18. The van der Waals surface area contributed by atoms with Crippen LogP contribution in [-0.2, 0) is 4.79 Å². The molecule has 0 bridgehead atoms. The zero-order valence-electron chi connectivity index (χ0n) is 10.7. The van der Waals surface area contributed by atoms with E-state index >= 15 is 0 Å². The van der Waals surface area contributed by atoms with E-state index in [0.29, 0.717) is 17.5 Å². The smallest absolute Gasteiger partial charge is 0.226 e. The standard InChI is InChI=1S/C12H19BrN2OS/c1-8(6-12(2,3)4)5-10(16)15-11-14-7-9(13)17-11/h7-8H,5-6H2,1-4H3,(H,14,15,16). The molecule has 5 heteroatoms. The first kappa shape index (κ1) is 14.6. The Balaban J connectivity index is 2.39. The van der Waals surface area contributed by atoms with Gasteiger partial charge in [-0.05, 0) is 33.7 Å². The van der Waals surface area contributed by atoms with Crippen molar-refractivity contribution in [3.05, 3.63) is 9.98 Å². The number of hydrogen-bond acceptors (Lipinski definition) is 3. The zero-order chi connectivity index (χ0) is 13.1. The van der Waals surface area contributed by atoms with Crippen molar-refractivity contribution >= 4 is 38.3 Å². The number of halogens is 1. The third-order valence-corrected chi connectivity index (χ3v) is 3.61. The molecule has 17 heavy (non-hydrogen) atoms. The second-order valence-corrected chi connectivity index (χ2v) is 8.00. The molecule has 0 aliphatic carbocycles. The van der Waals surface area contributed by atoms with E-state index in [1.54, 1.807) is 6.20 Å². The van der Waals surface area contributed by atoms with Gasteiger partial charge in [0.25, 0.3) is 0 Å². The second kappa shape index (κ2) is 5.96. The van der Waals surface area contributed by atoms with Gasteiger partial charge in [0.05, 0.1) is 9.98 Å². The van der Waals surface area contributed by atoms with Crippen molar-refractivity contribution in [1.82, 2.24) is 4.98 Å². The molecule has 1 rings (SSSR count). The van der Waals surface area contributed by atoms with Gasteiger partial charge in [-0.3, -0.25) is 4.79 Å². The zero-order valence-corrected chi connectivity index (χ0v) is 13.1. The molecule has 0 spiro atoms. The molecule has 0 fully saturated rings. The van der Waals surface area contributed by atoms with Crippen LogP contribution in [-0.4, -0.2) is 10.9 Å². The number of aromatic nitrogens is 1. The molecular formula is C12H19BrN2OS. The Kier molecular flexibility index (Phi) is 5.13. The summed E-state index contributed by atoms with van der Waals surface area (Å²) in [4.78, 5) is 15.8. The predicted octanol–water partition coefficient (Wildman–Crippen LogP) is 4.31. The number of rotatable bonds is 4. The van der Waals surface area contributed by atoms with Crippen LogP contribution in [0.1, 0.15) is 40.5 Å². The van der Waals surface area contributed by atoms with Crippen molar-refractivity contribution in [3.8, 4) is 0 Å². The molecule has 1 aromatic rings. The van der Waals surface area contributed by atoms with E-state index in [1.165, 1.54) is 11.3 Å². The molecule has 1 atom stereocenters. The van der Waals surface area contributed by atoms with Crippen LogP contribution in [0.15, 0.2) is 9.98 Å². The second-order valence-electron chi connectivity index (χ2n) is 5.59. The lowest BCUT2D eigenvalue weighted by molar-refractivity contribution is -0.117. The molecule has 0 radical (unpaired) electrons. The van der Waals surface area contributed by atoms with Crippen LogP contribution in [0.2, 0.25) is 0 Å². The average molecular weight is 319 g/mol. The van der Waals surface area contributed by atoms with E-state index in [9.17, 15) is 4.79 Å². The molecule has 1 heterocycles. The van der Waals surface area contributed by atoms with Crippen LogP contribution in [0, 0.1) is 11.3 Å². The Hall–Kier alpha value is -0.420. The number of carbonyl (C=O) groups excluding carboxylic acids is 1. The normalized spacial score (nSPS) is 13.5. The number of nitrogens with one attached hydrogen (secondary N) is 1. The Labute approximate surface area is 115 Å². The largest absolute Gasteiger partial charge is 0.302 e. The third kappa shape index (κ3) is 6.17. The van der Waals surface area contributed by atoms with Gasteiger partial charge >= 0.3 is 0 Å². The minimum atomic E-state index is 0.0450. The summed E-state index contributed by atoms with van der Waals surface area (Å²) in [5, 5.41) is 3.48. The summed E-state index contributed by atoms with van der Waals surface area (Å²) in [6.07, 6.45) is 3.29. The third-order valence-electron chi connectivity index (χ3n) is 2.22. The first-order chi connectivity index (χ1) is 7.76. The monoisotopic (exact) mass is 318 g/mol. The first-order valence-electron chi connectivity index (χ1n) is 5.67. The molecule has 1 N–H and O–H groups in total. The van der Waals surface area contributed by atoms with Crippen LogP contribution in [0.3, 0.4) is 0 Å². The molecule has 0 saturated heterocycles. The van der Waals surface area contributed by atoms with Crippen molar-refractivity contribution in [2.45, 2.75) is 40.5 Å². The topological polar surface area (TPSA) is 42.0 Å². The van der Waals surface area contributed by atoms with Crippen molar-refractivity contribution in [1.29, 1.82) is 0 Å². The predicted molar refractivity (Wildman–Crippen MR) is 76.3 cm³/mol. The molecular weight excluding hydrogens is 300 g/mol. The molecule has 1 unspecified atom stereocenters. The fourth-order valence-corrected chi connectivity index (χ4v) is 3.04. The van der Waals surface area contributed by atoms with Gasteiger partial charge in [0.15, 0.2) is 5.13 Å². The van der Waals surface area contributed by atoms with Crippen LogP contribution in [0.4, 0.5) is 5.13 Å². The van der Waals surface area contributed by atoms with Crippen molar-refractivity contribution in [2.75, 3.05) is 5.32 Å². The number of amides is 1. The van der Waals surface area contributed by atoms with Crippen LogP contribution in [0.25, 0.3) is 0 Å². The maximum absolute atomic E-state index is 11.8. The summed E-state index contributed by atoms with van der Waals surface area (Å²) in [5.74, 6) is 0.432. The summed E-state index contributed by atoms with van der Waals surface area (Å²) in [6, 6.07) is 0. The summed E-state index contributed by atoms with van der Waals surface area (Å²) >= 11 is 4.75. The Morgan fingerprint density at radius 2 is 2.24 bits per heavy atom. The summed E-state index contributed by atoms with van der Waals surface area (Å²) < 4.78 is 0.926. The van der Waals surface area contributed by atoms with Crippen LogP contribution in [0.5, 0.6) is 0 Å².